The highest BCUT2D eigenvalue weighted by molar-refractivity contribution is 7.52. The molecule has 0 aliphatic carbocycles. The first-order valence-electron chi connectivity index (χ1n) is 5.25. The predicted molar refractivity (Wildman–Crippen MR) is 64.6 cm³/mol. The molecule has 1 aromatic heterocycles. The fourth-order valence-corrected chi connectivity index (χ4v) is 2.09. The van der Waals surface area contributed by atoms with Crippen molar-refractivity contribution in [3.63, 3.8) is 0 Å². The zero-order valence-electron chi connectivity index (χ0n) is 9.86. The van der Waals surface area contributed by atoms with Crippen LogP contribution in [0, 0.1) is 0 Å². The van der Waals surface area contributed by atoms with Crippen molar-refractivity contribution in [1.82, 2.24) is 9.78 Å². The smallest absolute Gasteiger partial charge is 0.320 e. The quantitative estimate of drug-likeness (QED) is 0.850. The van der Waals surface area contributed by atoms with E-state index in [-0.39, 0.29) is 0 Å². The van der Waals surface area contributed by atoms with Crippen molar-refractivity contribution in [3.05, 3.63) is 42.2 Å². The van der Waals surface area contributed by atoms with Crippen LogP contribution in [-0.2, 0) is 17.3 Å². The van der Waals surface area contributed by atoms with Crippen LogP contribution >= 0.6 is 7.60 Å². The minimum Gasteiger partial charge on any atom is -0.320 e. The second-order valence-electron chi connectivity index (χ2n) is 4.07. The summed E-state index contributed by atoms with van der Waals surface area (Å²) in [6, 6.07) is 4.74. The van der Waals surface area contributed by atoms with Crippen molar-refractivity contribution in [2.24, 2.45) is 7.05 Å². The molecule has 8 heteroatoms. The minimum absolute atomic E-state index is 0.637. The van der Waals surface area contributed by atoms with Gasteiger partial charge in [-0.2, -0.15) is 13.9 Å². The van der Waals surface area contributed by atoms with Gasteiger partial charge in [-0.3, -0.25) is 9.25 Å². The number of alkyl halides is 2. The third-order valence-electron chi connectivity index (χ3n) is 2.64. The van der Waals surface area contributed by atoms with Crippen LogP contribution in [0.3, 0.4) is 0 Å². The number of halogens is 2. The summed E-state index contributed by atoms with van der Waals surface area (Å²) in [6.45, 7) is 0. The van der Waals surface area contributed by atoms with E-state index in [0.29, 0.717) is 5.56 Å². The first kappa shape index (κ1) is 13.9. The zero-order valence-corrected chi connectivity index (χ0v) is 10.8. The molecule has 0 bridgehead atoms. The Morgan fingerprint density at radius 2 is 1.79 bits per heavy atom. The van der Waals surface area contributed by atoms with Crippen molar-refractivity contribution in [1.29, 1.82) is 0 Å². The van der Waals surface area contributed by atoms with Crippen LogP contribution in [0.4, 0.5) is 8.78 Å². The summed E-state index contributed by atoms with van der Waals surface area (Å²) in [4.78, 5) is 17.3. The molecule has 2 N–H and O–H groups in total. The molecular formula is C11H11F2N2O3P. The number of hydrogen-bond donors (Lipinski definition) is 2. The third kappa shape index (κ3) is 2.58. The van der Waals surface area contributed by atoms with E-state index >= 15 is 0 Å². The Kier molecular flexibility index (Phi) is 3.30. The highest BCUT2D eigenvalue weighted by Crippen LogP contribution is 2.59. The molecule has 0 spiro atoms. The molecule has 1 aromatic carbocycles. The van der Waals surface area contributed by atoms with Gasteiger partial charge in [0.25, 0.3) is 0 Å². The lowest BCUT2D eigenvalue weighted by molar-refractivity contribution is 0.0564. The second-order valence-corrected chi connectivity index (χ2v) is 5.72. The lowest BCUT2D eigenvalue weighted by Gasteiger charge is -2.17. The Morgan fingerprint density at radius 1 is 1.21 bits per heavy atom. The molecule has 1 heterocycles. The summed E-state index contributed by atoms with van der Waals surface area (Å²) < 4.78 is 39.1. The van der Waals surface area contributed by atoms with E-state index in [1.54, 1.807) is 24.1 Å². The van der Waals surface area contributed by atoms with Gasteiger partial charge in [0.15, 0.2) is 0 Å². The number of benzene rings is 1. The monoisotopic (exact) mass is 288 g/mol. The van der Waals surface area contributed by atoms with Gasteiger partial charge in [-0.05, 0) is 5.56 Å². The summed E-state index contributed by atoms with van der Waals surface area (Å²) in [5.41, 5.74) is -3.53. The number of aromatic nitrogens is 2. The van der Waals surface area contributed by atoms with Crippen LogP contribution in [0.15, 0.2) is 36.7 Å². The summed E-state index contributed by atoms with van der Waals surface area (Å²) >= 11 is 0. The lowest BCUT2D eigenvalue weighted by atomic mass is 10.1. The number of nitrogens with zero attached hydrogens (tertiary/aromatic N) is 2. The van der Waals surface area contributed by atoms with Crippen LogP contribution < -0.4 is 0 Å². The molecule has 5 nitrogen and oxygen atoms in total. The highest BCUT2D eigenvalue weighted by Gasteiger charge is 2.50. The minimum atomic E-state index is -5.52. The van der Waals surface area contributed by atoms with Gasteiger partial charge < -0.3 is 9.79 Å². The van der Waals surface area contributed by atoms with E-state index in [0.717, 1.165) is 17.7 Å². The molecule has 19 heavy (non-hydrogen) atoms. The van der Waals surface area contributed by atoms with E-state index in [4.69, 9.17) is 9.79 Å². The molecular weight excluding hydrogens is 277 g/mol. The number of aryl methyl sites for hydroxylation is 1. The summed E-state index contributed by atoms with van der Waals surface area (Å²) in [5.74, 6) is 0. The normalized spacial score (nSPS) is 12.7. The molecule has 0 amide bonds. The maximum atomic E-state index is 13.4. The van der Waals surface area contributed by atoms with Crippen molar-refractivity contribution < 1.29 is 23.1 Å². The molecule has 102 valence electrons. The van der Waals surface area contributed by atoms with Crippen molar-refractivity contribution in [2.75, 3.05) is 0 Å². The SMILES string of the molecule is Cn1cc(-c2ccc(C(F)(F)P(=O)(O)O)cc2)cn1. The highest BCUT2D eigenvalue weighted by atomic mass is 31.2. The van der Waals surface area contributed by atoms with Gasteiger partial charge in [0.2, 0.25) is 0 Å². The van der Waals surface area contributed by atoms with Crippen molar-refractivity contribution >= 4 is 7.60 Å². The van der Waals surface area contributed by atoms with Crippen molar-refractivity contribution in [3.8, 4) is 11.1 Å². The average molecular weight is 288 g/mol. The zero-order chi connectivity index (χ0) is 14.3. The van der Waals surface area contributed by atoms with E-state index < -0.39 is 18.8 Å². The molecule has 0 aliphatic heterocycles. The Bertz CT molecular complexity index is 634. The maximum Gasteiger partial charge on any atom is 0.399 e. The van der Waals surface area contributed by atoms with E-state index in [1.165, 1.54) is 12.1 Å². The van der Waals surface area contributed by atoms with Crippen LogP contribution in [-0.4, -0.2) is 19.6 Å². The molecule has 2 rings (SSSR count). The molecule has 0 saturated carbocycles. The Labute approximate surface area is 107 Å². The molecule has 0 atom stereocenters. The lowest BCUT2D eigenvalue weighted by Crippen LogP contribution is -2.13. The molecule has 0 unspecified atom stereocenters. The third-order valence-corrected chi connectivity index (χ3v) is 3.63. The molecule has 0 aliphatic rings. The Morgan fingerprint density at radius 3 is 2.21 bits per heavy atom. The van der Waals surface area contributed by atoms with Crippen LogP contribution in [0.25, 0.3) is 11.1 Å². The van der Waals surface area contributed by atoms with Gasteiger partial charge in [0.1, 0.15) is 0 Å². The van der Waals surface area contributed by atoms with E-state index in [1.807, 2.05) is 0 Å². The average Bonchev–Trinajstić information content (AvgIpc) is 2.74. The molecule has 2 aromatic rings. The largest absolute Gasteiger partial charge is 0.399 e. The number of rotatable bonds is 3. The first-order valence-corrected chi connectivity index (χ1v) is 6.86. The molecule has 0 radical (unpaired) electrons. The standard InChI is InChI=1S/C11H11F2N2O3P/c1-15-7-9(6-14-15)8-2-4-10(5-3-8)11(12,13)19(16,17)18/h2-7H,1H3,(H2,16,17,18). The molecule has 0 fully saturated rings. The summed E-state index contributed by atoms with van der Waals surface area (Å²) in [6.07, 6.45) is 3.27. The topological polar surface area (TPSA) is 75.4 Å². The first-order chi connectivity index (χ1) is 8.72. The summed E-state index contributed by atoms with van der Waals surface area (Å²) in [5, 5.41) is 3.95. The van der Waals surface area contributed by atoms with Gasteiger partial charge in [-0.1, -0.05) is 24.3 Å². The Hall–Kier alpha value is -1.56. The maximum absolute atomic E-state index is 13.4. The summed E-state index contributed by atoms with van der Waals surface area (Å²) in [7, 11) is -3.80. The number of hydrogen-bond acceptors (Lipinski definition) is 2. The van der Waals surface area contributed by atoms with Gasteiger partial charge in [0.05, 0.1) is 6.20 Å². The van der Waals surface area contributed by atoms with Crippen LogP contribution in [0.5, 0.6) is 0 Å². The fraction of sp³-hybridized carbons (Fsp3) is 0.182. The Balaban J connectivity index is 2.36. The van der Waals surface area contributed by atoms with Gasteiger partial charge in [-0.25, -0.2) is 0 Å². The van der Waals surface area contributed by atoms with Gasteiger partial charge >= 0.3 is 13.3 Å². The van der Waals surface area contributed by atoms with E-state index in [2.05, 4.69) is 5.10 Å². The van der Waals surface area contributed by atoms with Gasteiger partial charge in [-0.15, -0.1) is 0 Å². The van der Waals surface area contributed by atoms with Crippen LogP contribution in [0.1, 0.15) is 5.56 Å². The van der Waals surface area contributed by atoms with Crippen molar-refractivity contribution in [2.45, 2.75) is 5.66 Å². The fourth-order valence-electron chi connectivity index (χ4n) is 1.60. The second kappa shape index (κ2) is 4.52. The molecule has 0 saturated heterocycles. The predicted octanol–water partition coefficient (Wildman–Crippen LogP) is 2.31. The van der Waals surface area contributed by atoms with Gasteiger partial charge in [0, 0.05) is 24.4 Å². The van der Waals surface area contributed by atoms with E-state index in [9.17, 15) is 13.3 Å². The van der Waals surface area contributed by atoms with Crippen LogP contribution in [0.2, 0.25) is 0 Å².